The number of nitrogens with one attached hydrogen (secondary N) is 2. The van der Waals surface area contributed by atoms with Crippen LogP contribution in [-0.4, -0.2) is 24.6 Å². The lowest BCUT2D eigenvalue weighted by Gasteiger charge is -2.09. The molecule has 2 amide bonds. The van der Waals surface area contributed by atoms with Crippen molar-refractivity contribution in [2.24, 2.45) is 5.16 Å². The average molecular weight is 393 g/mol. The second kappa shape index (κ2) is 9.03. The molecule has 0 bridgehead atoms. The van der Waals surface area contributed by atoms with Gasteiger partial charge < -0.3 is 15.5 Å². The van der Waals surface area contributed by atoms with Gasteiger partial charge in [-0.1, -0.05) is 28.9 Å². The van der Waals surface area contributed by atoms with Gasteiger partial charge in [0, 0.05) is 11.4 Å². The van der Waals surface area contributed by atoms with Crippen LogP contribution in [0.5, 0.6) is 0 Å². The Labute approximate surface area is 159 Å². The number of nitrogens with zero attached hydrogens (tertiary/aromatic N) is 1. The first-order valence-corrected chi connectivity index (χ1v) is 8.16. The van der Waals surface area contributed by atoms with Gasteiger partial charge in [-0.05, 0) is 43.7 Å². The molecule has 0 fully saturated rings. The van der Waals surface area contributed by atoms with Crippen molar-refractivity contribution < 1.29 is 27.6 Å². The maximum absolute atomic E-state index is 12.6. The molecule has 0 saturated carbocycles. The van der Waals surface area contributed by atoms with E-state index in [1.54, 1.807) is 6.07 Å². The van der Waals surface area contributed by atoms with Crippen LogP contribution in [0.15, 0.2) is 47.6 Å². The predicted molar refractivity (Wildman–Crippen MR) is 99.1 cm³/mol. The number of hydrogen-bond donors (Lipinski definition) is 2. The van der Waals surface area contributed by atoms with E-state index in [-0.39, 0.29) is 5.69 Å². The Balaban J connectivity index is 1.81. The Morgan fingerprint density at radius 1 is 1.11 bits per heavy atom. The highest BCUT2D eigenvalue weighted by molar-refractivity contribution is 6.31. The SMILES string of the molecule is Cc1ccc(NC(=O)CO/N=C/C(=O)Nc2cccc(C(F)(F)F)c2)c(C)c1. The van der Waals surface area contributed by atoms with Crippen molar-refractivity contribution in [3.05, 3.63) is 59.2 Å². The molecule has 2 rings (SSSR count). The molecule has 0 radical (unpaired) electrons. The summed E-state index contributed by atoms with van der Waals surface area (Å²) in [6, 6.07) is 9.68. The van der Waals surface area contributed by atoms with Crippen LogP contribution in [0.25, 0.3) is 0 Å². The van der Waals surface area contributed by atoms with Gasteiger partial charge in [0.25, 0.3) is 11.8 Å². The second-order valence-corrected chi connectivity index (χ2v) is 5.94. The van der Waals surface area contributed by atoms with Gasteiger partial charge in [0.2, 0.25) is 0 Å². The quantitative estimate of drug-likeness (QED) is 0.577. The number of anilines is 2. The predicted octanol–water partition coefficient (Wildman–Crippen LogP) is 3.90. The number of amides is 2. The van der Waals surface area contributed by atoms with Crippen molar-refractivity contribution in [1.82, 2.24) is 0 Å². The van der Waals surface area contributed by atoms with E-state index in [0.29, 0.717) is 5.69 Å². The molecule has 0 spiro atoms. The summed E-state index contributed by atoms with van der Waals surface area (Å²) in [5, 5.41) is 8.20. The van der Waals surface area contributed by atoms with Crippen molar-refractivity contribution in [3.63, 3.8) is 0 Å². The van der Waals surface area contributed by atoms with Crippen molar-refractivity contribution in [1.29, 1.82) is 0 Å². The minimum absolute atomic E-state index is 0.0427. The Bertz CT molecular complexity index is 895. The fourth-order valence-electron chi connectivity index (χ4n) is 2.27. The Hall–Kier alpha value is -3.36. The van der Waals surface area contributed by atoms with Crippen LogP contribution in [0.2, 0.25) is 0 Å². The highest BCUT2D eigenvalue weighted by Gasteiger charge is 2.30. The molecule has 0 atom stereocenters. The number of carbonyl (C=O) groups is 2. The summed E-state index contributed by atoms with van der Waals surface area (Å²) in [6.45, 7) is 3.35. The van der Waals surface area contributed by atoms with Crippen LogP contribution in [0.1, 0.15) is 16.7 Å². The highest BCUT2D eigenvalue weighted by Crippen LogP contribution is 2.30. The molecule has 9 heteroatoms. The number of oxime groups is 1. The van der Waals surface area contributed by atoms with E-state index < -0.39 is 30.2 Å². The maximum atomic E-state index is 12.6. The van der Waals surface area contributed by atoms with E-state index in [2.05, 4.69) is 15.8 Å². The lowest BCUT2D eigenvalue weighted by molar-refractivity contribution is -0.137. The summed E-state index contributed by atoms with van der Waals surface area (Å²) < 4.78 is 37.9. The van der Waals surface area contributed by atoms with Crippen LogP contribution in [0.4, 0.5) is 24.5 Å². The molecule has 0 saturated heterocycles. The number of benzene rings is 2. The summed E-state index contributed by atoms with van der Waals surface area (Å²) in [6.07, 6.45) is -3.79. The minimum atomic E-state index is -4.51. The van der Waals surface area contributed by atoms with Crippen molar-refractivity contribution in [2.75, 3.05) is 17.2 Å². The fourth-order valence-corrected chi connectivity index (χ4v) is 2.27. The first-order valence-electron chi connectivity index (χ1n) is 8.16. The Morgan fingerprint density at radius 2 is 1.86 bits per heavy atom. The van der Waals surface area contributed by atoms with E-state index in [9.17, 15) is 22.8 Å². The summed E-state index contributed by atoms with van der Waals surface area (Å²) >= 11 is 0. The zero-order valence-electron chi connectivity index (χ0n) is 15.1. The molecule has 0 aliphatic carbocycles. The van der Waals surface area contributed by atoms with Gasteiger partial charge in [-0.2, -0.15) is 13.2 Å². The number of hydrogen-bond acceptors (Lipinski definition) is 4. The summed E-state index contributed by atoms with van der Waals surface area (Å²) in [5.41, 5.74) is 1.64. The zero-order valence-corrected chi connectivity index (χ0v) is 15.1. The lowest BCUT2D eigenvalue weighted by atomic mass is 10.1. The van der Waals surface area contributed by atoms with Gasteiger partial charge in [0.05, 0.1) is 5.56 Å². The minimum Gasteiger partial charge on any atom is -0.385 e. The van der Waals surface area contributed by atoms with E-state index in [4.69, 9.17) is 4.84 Å². The molecule has 0 aromatic heterocycles. The largest absolute Gasteiger partial charge is 0.416 e. The summed E-state index contributed by atoms with van der Waals surface area (Å²) in [7, 11) is 0. The highest BCUT2D eigenvalue weighted by atomic mass is 19.4. The lowest BCUT2D eigenvalue weighted by Crippen LogP contribution is -2.18. The number of aryl methyl sites for hydroxylation is 2. The van der Waals surface area contributed by atoms with Gasteiger partial charge in [0.15, 0.2) is 6.61 Å². The van der Waals surface area contributed by atoms with E-state index >= 15 is 0 Å². The zero-order chi connectivity index (χ0) is 20.7. The normalized spacial score (nSPS) is 11.3. The van der Waals surface area contributed by atoms with Crippen molar-refractivity contribution in [2.45, 2.75) is 20.0 Å². The third-order valence-electron chi connectivity index (χ3n) is 3.55. The molecule has 0 heterocycles. The van der Waals surface area contributed by atoms with E-state index in [1.165, 1.54) is 12.1 Å². The fraction of sp³-hybridized carbons (Fsp3) is 0.211. The Morgan fingerprint density at radius 3 is 2.54 bits per heavy atom. The molecule has 0 aliphatic heterocycles. The molecule has 6 nitrogen and oxygen atoms in total. The molecular weight excluding hydrogens is 375 g/mol. The van der Waals surface area contributed by atoms with Gasteiger partial charge >= 0.3 is 6.18 Å². The average Bonchev–Trinajstić information content (AvgIpc) is 2.61. The molecule has 0 unspecified atom stereocenters. The third kappa shape index (κ3) is 6.42. The van der Waals surface area contributed by atoms with E-state index in [1.807, 2.05) is 26.0 Å². The molecule has 28 heavy (non-hydrogen) atoms. The molecule has 2 aromatic rings. The molecule has 148 valence electrons. The molecule has 0 aliphatic rings. The number of rotatable bonds is 6. The number of carbonyl (C=O) groups excluding carboxylic acids is 2. The first kappa shape index (κ1) is 20.9. The summed E-state index contributed by atoms with van der Waals surface area (Å²) in [5.74, 6) is -1.27. The van der Waals surface area contributed by atoms with E-state index in [0.717, 1.165) is 29.5 Å². The van der Waals surface area contributed by atoms with Crippen LogP contribution in [0.3, 0.4) is 0 Å². The van der Waals surface area contributed by atoms with Gasteiger partial charge in [0.1, 0.15) is 6.21 Å². The van der Waals surface area contributed by atoms with Gasteiger partial charge in [-0.15, -0.1) is 0 Å². The van der Waals surface area contributed by atoms with Gasteiger partial charge in [-0.25, -0.2) is 0 Å². The topological polar surface area (TPSA) is 79.8 Å². The summed E-state index contributed by atoms with van der Waals surface area (Å²) in [4.78, 5) is 28.2. The second-order valence-electron chi connectivity index (χ2n) is 5.94. The number of halogens is 3. The molecular formula is C19H18F3N3O3. The van der Waals surface area contributed by atoms with Crippen molar-refractivity contribution in [3.8, 4) is 0 Å². The van der Waals surface area contributed by atoms with Crippen molar-refractivity contribution >= 4 is 29.4 Å². The smallest absolute Gasteiger partial charge is 0.385 e. The Kier molecular flexibility index (Phi) is 6.75. The third-order valence-corrected chi connectivity index (χ3v) is 3.55. The number of alkyl halides is 3. The standard InChI is InChI=1S/C19H18F3N3O3/c1-12-6-7-16(13(2)8-12)25-18(27)11-28-23-10-17(26)24-15-5-3-4-14(9-15)19(20,21)22/h3-10H,11H2,1-2H3,(H,24,26)(H,25,27)/b23-10+. The van der Waals surface area contributed by atoms with Crippen LogP contribution in [-0.2, 0) is 20.6 Å². The van der Waals surface area contributed by atoms with Crippen LogP contribution >= 0.6 is 0 Å². The maximum Gasteiger partial charge on any atom is 0.416 e. The van der Waals surface area contributed by atoms with Crippen LogP contribution < -0.4 is 10.6 Å². The van der Waals surface area contributed by atoms with Gasteiger partial charge in [-0.3, -0.25) is 9.59 Å². The first-order chi connectivity index (χ1) is 13.1. The van der Waals surface area contributed by atoms with Crippen LogP contribution in [0, 0.1) is 13.8 Å². The monoisotopic (exact) mass is 393 g/mol. The molecule has 2 N–H and O–H groups in total. The molecule has 2 aromatic carbocycles.